The van der Waals surface area contributed by atoms with E-state index >= 15 is 0 Å². The topological polar surface area (TPSA) is 84.3 Å². The molecule has 0 aliphatic carbocycles. The number of nitrogens with zero attached hydrogens (tertiary/aromatic N) is 1. The lowest BCUT2D eigenvalue weighted by molar-refractivity contribution is 0.196. The largest absolute Gasteiger partial charge is 0.496 e. The van der Waals surface area contributed by atoms with E-state index < -0.39 is 0 Å². The van der Waals surface area contributed by atoms with Gasteiger partial charge in [-0.1, -0.05) is 24.3 Å². The molecule has 3 N–H and O–H groups in total. The molecule has 0 saturated carbocycles. The maximum atomic E-state index is 8.90. The van der Waals surface area contributed by atoms with E-state index in [1.54, 1.807) is 14.2 Å². The van der Waals surface area contributed by atoms with Crippen LogP contribution in [0.25, 0.3) is 0 Å². The molecule has 0 spiro atoms. The summed E-state index contributed by atoms with van der Waals surface area (Å²) in [4.78, 5) is 4.64. The molecule has 0 fully saturated rings. The maximum Gasteiger partial charge on any atom is 0.191 e. The van der Waals surface area contributed by atoms with Crippen molar-refractivity contribution < 1.29 is 19.3 Å². The Labute approximate surface area is 189 Å². The number of para-hydroxylation sites is 1. The second kappa shape index (κ2) is 13.9. The van der Waals surface area contributed by atoms with Crippen molar-refractivity contribution in [2.24, 2.45) is 4.99 Å². The van der Waals surface area contributed by atoms with Gasteiger partial charge in [0.15, 0.2) is 17.5 Å². The monoisotopic (exact) mass is 515 g/mol. The van der Waals surface area contributed by atoms with Crippen LogP contribution in [0, 0.1) is 0 Å². The summed E-state index contributed by atoms with van der Waals surface area (Å²) in [5.74, 6) is 2.78. The molecule has 0 aliphatic rings. The van der Waals surface area contributed by atoms with Gasteiger partial charge in [-0.3, -0.25) is 0 Å². The minimum absolute atomic E-state index is 0. The lowest BCUT2D eigenvalue weighted by atomic mass is 10.2. The quantitative estimate of drug-likeness (QED) is 0.257. The fraction of sp³-hybridized carbons (Fsp3) is 0.381. The summed E-state index contributed by atoms with van der Waals surface area (Å²) < 4.78 is 16.2. The van der Waals surface area contributed by atoms with Gasteiger partial charge in [0.1, 0.15) is 12.4 Å². The highest BCUT2D eigenvalue weighted by atomic mass is 127. The minimum atomic E-state index is -0.0425. The average molecular weight is 515 g/mol. The Morgan fingerprint density at radius 3 is 2.45 bits per heavy atom. The van der Waals surface area contributed by atoms with Crippen molar-refractivity contribution in [2.75, 3.05) is 34.0 Å². The third-order valence-corrected chi connectivity index (χ3v) is 3.98. The third kappa shape index (κ3) is 7.98. The smallest absolute Gasteiger partial charge is 0.191 e. The Bertz CT molecular complexity index is 771. The Hall–Kier alpha value is -2.20. The summed E-state index contributed by atoms with van der Waals surface area (Å²) in [6, 6.07) is 13.5. The van der Waals surface area contributed by atoms with Crippen LogP contribution in [0.1, 0.15) is 18.1 Å². The van der Waals surface area contributed by atoms with Crippen molar-refractivity contribution in [1.82, 2.24) is 10.6 Å². The van der Waals surface area contributed by atoms with Crippen molar-refractivity contribution in [3.8, 4) is 17.2 Å². The fourth-order valence-corrected chi connectivity index (χ4v) is 2.63. The lowest BCUT2D eigenvalue weighted by Crippen LogP contribution is -2.36. The summed E-state index contributed by atoms with van der Waals surface area (Å²) >= 11 is 0. The van der Waals surface area contributed by atoms with E-state index in [1.807, 2.05) is 49.4 Å². The van der Waals surface area contributed by atoms with E-state index in [9.17, 15) is 0 Å². The predicted molar refractivity (Wildman–Crippen MR) is 126 cm³/mol. The van der Waals surface area contributed by atoms with Crippen molar-refractivity contribution in [3.05, 3.63) is 53.6 Å². The van der Waals surface area contributed by atoms with Gasteiger partial charge in [-0.25, -0.2) is 4.99 Å². The standard InChI is InChI=1S/C21H29N3O4.HI/c1-4-22-21(24-15-17-7-5-6-8-18(17)26-2)23-14-16-9-10-19(28-12-11-25)20(13-16)27-3;/h5-10,13,25H,4,11-12,14-15H2,1-3H3,(H2,22,23,24);1H. The lowest BCUT2D eigenvalue weighted by Gasteiger charge is -2.14. The Kier molecular flexibility index (Phi) is 11.9. The van der Waals surface area contributed by atoms with E-state index in [-0.39, 0.29) is 37.2 Å². The van der Waals surface area contributed by atoms with Gasteiger partial charge < -0.3 is 30.0 Å². The molecule has 0 aliphatic heterocycles. The third-order valence-electron chi connectivity index (χ3n) is 3.98. The highest BCUT2D eigenvalue weighted by molar-refractivity contribution is 14.0. The number of ether oxygens (including phenoxy) is 3. The maximum absolute atomic E-state index is 8.90. The number of halogens is 1. The Morgan fingerprint density at radius 1 is 1.00 bits per heavy atom. The van der Waals surface area contributed by atoms with Gasteiger partial charge in [-0.2, -0.15) is 0 Å². The SMILES string of the molecule is CCNC(=NCc1ccc(OCCO)c(OC)c1)NCc1ccccc1OC.I. The van der Waals surface area contributed by atoms with Crippen LogP contribution < -0.4 is 24.8 Å². The van der Waals surface area contributed by atoms with Gasteiger partial charge in [-0.05, 0) is 30.7 Å². The number of aliphatic hydroxyl groups is 1. The molecule has 2 aromatic carbocycles. The number of nitrogens with one attached hydrogen (secondary N) is 2. The summed E-state index contributed by atoms with van der Waals surface area (Å²) in [5.41, 5.74) is 2.05. The molecule has 160 valence electrons. The van der Waals surface area contributed by atoms with Gasteiger partial charge in [0.05, 0.1) is 27.4 Å². The van der Waals surface area contributed by atoms with E-state index in [1.165, 1.54) is 0 Å². The van der Waals surface area contributed by atoms with E-state index in [0.29, 0.717) is 30.5 Å². The molecule has 0 saturated heterocycles. The molecule has 0 atom stereocenters. The number of benzene rings is 2. The van der Waals surface area contributed by atoms with Crippen LogP contribution in [0.4, 0.5) is 0 Å². The molecular weight excluding hydrogens is 485 g/mol. The van der Waals surface area contributed by atoms with Crippen LogP contribution in [0.15, 0.2) is 47.5 Å². The molecule has 0 amide bonds. The van der Waals surface area contributed by atoms with Gasteiger partial charge in [0, 0.05) is 18.7 Å². The second-order valence-electron chi connectivity index (χ2n) is 5.92. The van der Waals surface area contributed by atoms with Crippen LogP contribution in [0.5, 0.6) is 17.2 Å². The van der Waals surface area contributed by atoms with Crippen LogP contribution >= 0.6 is 24.0 Å². The summed E-state index contributed by atoms with van der Waals surface area (Å²) in [7, 11) is 3.26. The molecule has 8 heteroatoms. The number of rotatable bonds is 10. The first-order valence-electron chi connectivity index (χ1n) is 9.26. The van der Waals surface area contributed by atoms with Crippen LogP contribution in [-0.4, -0.2) is 45.0 Å². The molecule has 29 heavy (non-hydrogen) atoms. The molecular formula is C21H30IN3O4. The van der Waals surface area contributed by atoms with E-state index in [2.05, 4.69) is 15.6 Å². The highest BCUT2D eigenvalue weighted by Crippen LogP contribution is 2.28. The summed E-state index contributed by atoms with van der Waals surface area (Å²) in [6.45, 7) is 4.06. The van der Waals surface area contributed by atoms with Crippen LogP contribution in [0.3, 0.4) is 0 Å². The number of hydrogen-bond donors (Lipinski definition) is 3. The molecule has 0 unspecified atom stereocenters. The molecule has 2 aromatic rings. The first-order valence-corrected chi connectivity index (χ1v) is 9.26. The van der Waals surface area contributed by atoms with Crippen LogP contribution in [0.2, 0.25) is 0 Å². The number of hydrogen-bond acceptors (Lipinski definition) is 5. The van der Waals surface area contributed by atoms with Crippen molar-refractivity contribution >= 4 is 29.9 Å². The first-order chi connectivity index (χ1) is 13.7. The highest BCUT2D eigenvalue weighted by Gasteiger charge is 2.07. The second-order valence-corrected chi connectivity index (χ2v) is 5.92. The normalized spacial score (nSPS) is 10.7. The van der Waals surface area contributed by atoms with E-state index in [4.69, 9.17) is 19.3 Å². The van der Waals surface area contributed by atoms with Crippen molar-refractivity contribution in [2.45, 2.75) is 20.0 Å². The van der Waals surface area contributed by atoms with Crippen LogP contribution in [-0.2, 0) is 13.1 Å². The number of aliphatic hydroxyl groups excluding tert-OH is 1. The van der Waals surface area contributed by atoms with Gasteiger partial charge in [-0.15, -0.1) is 24.0 Å². The number of methoxy groups -OCH3 is 2. The zero-order valence-corrected chi connectivity index (χ0v) is 19.4. The summed E-state index contributed by atoms with van der Waals surface area (Å²) in [6.07, 6.45) is 0. The van der Waals surface area contributed by atoms with Crippen molar-refractivity contribution in [1.29, 1.82) is 0 Å². The number of guanidine groups is 1. The first kappa shape index (κ1) is 24.8. The summed E-state index contributed by atoms with van der Waals surface area (Å²) in [5, 5.41) is 15.5. The van der Waals surface area contributed by atoms with Gasteiger partial charge in [0.2, 0.25) is 0 Å². The Morgan fingerprint density at radius 2 is 1.76 bits per heavy atom. The molecule has 7 nitrogen and oxygen atoms in total. The number of aliphatic imine (C=N–C) groups is 1. The molecule has 2 rings (SSSR count). The van der Waals surface area contributed by atoms with Gasteiger partial charge in [0.25, 0.3) is 0 Å². The molecule has 0 aromatic heterocycles. The zero-order chi connectivity index (χ0) is 20.2. The molecule has 0 radical (unpaired) electrons. The van der Waals surface area contributed by atoms with Crippen molar-refractivity contribution in [3.63, 3.8) is 0 Å². The zero-order valence-electron chi connectivity index (χ0n) is 17.1. The molecule has 0 heterocycles. The minimum Gasteiger partial charge on any atom is -0.496 e. The fourth-order valence-electron chi connectivity index (χ4n) is 2.63. The predicted octanol–water partition coefficient (Wildman–Crippen LogP) is 2.95. The average Bonchev–Trinajstić information content (AvgIpc) is 2.74. The van der Waals surface area contributed by atoms with Gasteiger partial charge >= 0.3 is 0 Å². The van der Waals surface area contributed by atoms with E-state index in [0.717, 1.165) is 23.4 Å². The molecule has 0 bridgehead atoms. The Balaban J connectivity index is 0.00000420.